The Bertz CT molecular complexity index is 638. The van der Waals surface area contributed by atoms with Gasteiger partial charge in [0.2, 0.25) is 0 Å². The first-order valence-electron chi connectivity index (χ1n) is 9.09. The number of likely N-dealkylation sites (tertiary alicyclic amines) is 1. The third kappa shape index (κ3) is 4.25. The maximum absolute atomic E-state index is 10.7. The molecule has 0 amide bonds. The molecule has 0 radical (unpaired) electrons. The van der Waals surface area contributed by atoms with Crippen molar-refractivity contribution < 1.29 is 5.11 Å². The van der Waals surface area contributed by atoms with E-state index >= 15 is 0 Å². The van der Waals surface area contributed by atoms with Crippen molar-refractivity contribution in [3.05, 3.63) is 53.3 Å². The predicted molar refractivity (Wildman–Crippen MR) is 96.6 cm³/mol. The van der Waals surface area contributed by atoms with Crippen LogP contribution in [0.2, 0.25) is 0 Å². The van der Waals surface area contributed by atoms with Crippen LogP contribution in [0.5, 0.6) is 0 Å². The lowest BCUT2D eigenvalue weighted by Gasteiger charge is -2.31. The molecule has 2 atom stereocenters. The van der Waals surface area contributed by atoms with Crippen LogP contribution in [0.3, 0.4) is 0 Å². The average molecular weight is 327 g/mol. The van der Waals surface area contributed by atoms with E-state index in [-0.39, 0.29) is 6.10 Å². The third-order valence-electron chi connectivity index (χ3n) is 5.17. The van der Waals surface area contributed by atoms with Crippen molar-refractivity contribution in [1.29, 1.82) is 0 Å². The van der Waals surface area contributed by atoms with Crippen LogP contribution >= 0.6 is 0 Å². The van der Waals surface area contributed by atoms with Gasteiger partial charge < -0.3 is 5.11 Å². The predicted octanol–water partition coefficient (Wildman–Crippen LogP) is 3.60. The lowest BCUT2D eigenvalue weighted by Crippen LogP contribution is -2.35. The van der Waals surface area contributed by atoms with Gasteiger partial charge in [-0.25, -0.2) is 0 Å². The summed E-state index contributed by atoms with van der Waals surface area (Å²) in [5, 5.41) is 15.1. The maximum Gasteiger partial charge on any atom is 0.0805 e. The zero-order valence-electron chi connectivity index (χ0n) is 14.9. The summed E-state index contributed by atoms with van der Waals surface area (Å²) in [7, 11) is 1.98. The smallest absolute Gasteiger partial charge is 0.0805 e. The molecule has 1 fully saturated rings. The summed E-state index contributed by atoms with van der Waals surface area (Å²) in [5.41, 5.74) is 3.45. The SMILES string of the molecule is Cc1nn(C)cc1CN1CCCCCC1CC(O)c1ccccc1. The van der Waals surface area contributed by atoms with Gasteiger partial charge in [0.1, 0.15) is 0 Å². The molecule has 1 aromatic heterocycles. The van der Waals surface area contributed by atoms with Crippen LogP contribution in [0.25, 0.3) is 0 Å². The van der Waals surface area contributed by atoms with Crippen molar-refractivity contribution in [1.82, 2.24) is 14.7 Å². The normalized spacial score (nSPS) is 20.7. The quantitative estimate of drug-likeness (QED) is 0.912. The van der Waals surface area contributed by atoms with E-state index in [4.69, 9.17) is 0 Å². The molecule has 2 unspecified atom stereocenters. The molecule has 1 aromatic carbocycles. The Hall–Kier alpha value is -1.65. The molecule has 4 nitrogen and oxygen atoms in total. The summed E-state index contributed by atoms with van der Waals surface area (Å²) in [6.45, 7) is 4.13. The Kier molecular flexibility index (Phi) is 5.69. The molecule has 2 heterocycles. The highest BCUT2D eigenvalue weighted by Gasteiger charge is 2.25. The van der Waals surface area contributed by atoms with Crippen LogP contribution in [0.1, 0.15) is 55.0 Å². The molecule has 1 saturated heterocycles. The van der Waals surface area contributed by atoms with Gasteiger partial charge >= 0.3 is 0 Å². The molecule has 0 spiro atoms. The standard InChI is InChI=1S/C20H29N3O/c1-16-18(14-22(2)21-16)15-23-12-8-4-7-11-19(23)13-20(24)17-9-5-3-6-10-17/h3,5-6,9-10,14,19-20,24H,4,7-8,11-13,15H2,1-2H3. The molecular formula is C20H29N3O. The number of aliphatic hydroxyl groups is 1. The molecule has 1 aliphatic heterocycles. The fraction of sp³-hybridized carbons (Fsp3) is 0.550. The van der Waals surface area contributed by atoms with E-state index in [2.05, 4.69) is 23.1 Å². The molecule has 4 heteroatoms. The summed E-state index contributed by atoms with van der Waals surface area (Å²) < 4.78 is 1.90. The van der Waals surface area contributed by atoms with Crippen molar-refractivity contribution in [3.63, 3.8) is 0 Å². The van der Waals surface area contributed by atoms with Crippen LogP contribution < -0.4 is 0 Å². The lowest BCUT2D eigenvalue weighted by atomic mass is 9.98. The topological polar surface area (TPSA) is 41.3 Å². The number of aliphatic hydroxyl groups excluding tert-OH is 1. The van der Waals surface area contributed by atoms with E-state index in [0.717, 1.165) is 30.8 Å². The summed E-state index contributed by atoms with van der Waals surface area (Å²) in [4.78, 5) is 2.56. The van der Waals surface area contributed by atoms with E-state index in [9.17, 15) is 5.11 Å². The van der Waals surface area contributed by atoms with Crippen molar-refractivity contribution in [2.24, 2.45) is 7.05 Å². The van der Waals surface area contributed by atoms with Gasteiger partial charge in [-0.15, -0.1) is 0 Å². The van der Waals surface area contributed by atoms with Crippen molar-refractivity contribution in [3.8, 4) is 0 Å². The monoisotopic (exact) mass is 327 g/mol. The Labute approximate surface area is 145 Å². The first kappa shape index (κ1) is 17.2. The summed E-state index contributed by atoms with van der Waals surface area (Å²) in [5.74, 6) is 0. The van der Waals surface area contributed by atoms with Gasteiger partial charge in [0, 0.05) is 31.4 Å². The van der Waals surface area contributed by atoms with Gasteiger partial charge in [-0.05, 0) is 38.3 Å². The molecule has 0 saturated carbocycles. The number of hydrogen-bond acceptors (Lipinski definition) is 3. The van der Waals surface area contributed by atoms with Crippen LogP contribution in [-0.4, -0.2) is 32.4 Å². The zero-order chi connectivity index (χ0) is 16.9. The van der Waals surface area contributed by atoms with Crippen molar-refractivity contribution in [2.75, 3.05) is 6.54 Å². The Morgan fingerprint density at radius 1 is 1.21 bits per heavy atom. The average Bonchev–Trinajstić information content (AvgIpc) is 2.76. The molecule has 24 heavy (non-hydrogen) atoms. The van der Waals surface area contributed by atoms with E-state index in [0.29, 0.717) is 6.04 Å². The number of nitrogens with zero attached hydrogens (tertiary/aromatic N) is 3. The van der Waals surface area contributed by atoms with Crippen molar-refractivity contribution in [2.45, 2.75) is 57.7 Å². The molecule has 130 valence electrons. The summed E-state index contributed by atoms with van der Waals surface area (Å²) in [6, 6.07) is 10.5. The summed E-state index contributed by atoms with van der Waals surface area (Å²) in [6.07, 6.45) is 7.52. The Morgan fingerprint density at radius 2 is 2.00 bits per heavy atom. The van der Waals surface area contributed by atoms with Crippen molar-refractivity contribution >= 4 is 0 Å². The second kappa shape index (κ2) is 7.95. The minimum atomic E-state index is -0.383. The molecule has 3 rings (SSSR count). The third-order valence-corrected chi connectivity index (χ3v) is 5.17. The lowest BCUT2D eigenvalue weighted by molar-refractivity contribution is 0.0974. The van der Waals surface area contributed by atoms with E-state index in [1.807, 2.05) is 42.1 Å². The highest BCUT2D eigenvalue weighted by atomic mass is 16.3. The molecular weight excluding hydrogens is 298 g/mol. The minimum Gasteiger partial charge on any atom is -0.388 e. The van der Waals surface area contributed by atoms with Crippen LogP contribution in [0.4, 0.5) is 0 Å². The van der Waals surface area contributed by atoms with E-state index in [1.165, 1.54) is 31.2 Å². The molecule has 0 bridgehead atoms. The fourth-order valence-corrected chi connectivity index (χ4v) is 3.80. The van der Waals surface area contributed by atoms with Gasteiger partial charge in [0.05, 0.1) is 11.8 Å². The fourth-order valence-electron chi connectivity index (χ4n) is 3.80. The molecule has 0 aliphatic carbocycles. The second-order valence-corrected chi connectivity index (χ2v) is 7.05. The number of aromatic nitrogens is 2. The molecule has 2 aromatic rings. The first-order chi connectivity index (χ1) is 11.6. The van der Waals surface area contributed by atoms with Gasteiger partial charge in [-0.2, -0.15) is 5.10 Å². The number of rotatable bonds is 5. The Morgan fingerprint density at radius 3 is 2.71 bits per heavy atom. The van der Waals surface area contributed by atoms with Crippen LogP contribution in [0, 0.1) is 6.92 Å². The first-order valence-corrected chi connectivity index (χ1v) is 9.09. The van der Waals surface area contributed by atoms with Gasteiger partial charge in [0.15, 0.2) is 0 Å². The minimum absolute atomic E-state index is 0.383. The number of hydrogen-bond donors (Lipinski definition) is 1. The second-order valence-electron chi connectivity index (χ2n) is 7.05. The maximum atomic E-state index is 10.7. The zero-order valence-corrected chi connectivity index (χ0v) is 14.9. The Balaban J connectivity index is 1.71. The molecule has 1 N–H and O–H groups in total. The van der Waals surface area contributed by atoms with E-state index < -0.39 is 0 Å². The molecule has 1 aliphatic rings. The highest BCUT2D eigenvalue weighted by molar-refractivity contribution is 5.18. The largest absolute Gasteiger partial charge is 0.388 e. The summed E-state index contributed by atoms with van der Waals surface area (Å²) >= 11 is 0. The van der Waals surface area contributed by atoms with Crippen LogP contribution in [0.15, 0.2) is 36.5 Å². The van der Waals surface area contributed by atoms with E-state index in [1.54, 1.807) is 0 Å². The number of aryl methyl sites for hydroxylation is 2. The van der Waals surface area contributed by atoms with Gasteiger partial charge in [-0.3, -0.25) is 9.58 Å². The highest BCUT2D eigenvalue weighted by Crippen LogP contribution is 2.27. The van der Waals surface area contributed by atoms with Gasteiger partial charge in [-0.1, -0.05) is 43.2 Å². The number of benzene rings is 1. The van der Waals surface area contributed by atoms with Crippen LogP contribution in [-0.2, 0) is 13.6 Å². The van der Waals surface area contributed by atoms with Gasteiger partial charge in [0.25, 0.3) is 0 Å².